The third-order valence-electron chi connectivity index (χ3n) is 5.44. The summed E-state index contributed by atoms with van der Waals surface area (Å²) >= 11 is 0. The highest BCUT2D eigenvalue weighted by Gasteiger charge is 2.30. The Labute approximate surface area is 198 Å². The molecule has 1 unspecified atom stereocenters. The van der Waals surface area contributed by atoms with Gasteiger partial charge in [-0.15, -0.1) is 0 Å². The van der Waals surface area contributed by atoms with E-state index in [0.717, 1.165) is 0 Å². The van der Waals surface area contributed by atoms with Crippen LogP contribution < -0.4 is 14.2 Å². The fourth-order valence-electron chi connectivity index (χ4n) is 4.01. The first-order valence-electron chi connectivity index (χ1n) is 11.0. The smallest absolute Gasteiger partial charge is 0.480 e. The molecule has 0 spiro atoms. The molecule has 0 aliphatic carbocycles. The fourth-order valence-corrected chi connectivity index (χ4v) is 4.37. The Hall–Kier alpha value is -2.73. The summed E-state index contributed by atoms with van der Waals surface area (Å²) in [7, 11) is -5.30. The summed E-state index contributed by atoms with van der Waals surface area (Å²) in [6.07, 6.45) is 0.505. The molecule has 0 radical (unpaired) electrons. The predicted octanol–water partition coefficient (Wildman–Crippen LogP) is 1.98. The third kappa shape index (κ3) is 7.66. The van der Waals surface area contributed by atoms with Crippen molar-refractivity contribution in [1.29, 1.82) is 0 Å². The van der Waals surface area contributed by atoms with E-state index in [4.69, 9.17) is 9.47 Å². The number of carbonyl (C=O) groups is 3. The van der Waals surface area contributed by atoms with Gasteiger partial charge in [0.2, 0.25) is 5.91 Å². The van der Waals surface area contributed by atoms with Crippen molar-refractivity contribution in [1.82, 2.24) is 10.2 Å². The first-order chi connectivity index (χ1) is 15.8. The number of nitrogens with one attached hydrogen (secondary N) is 1. The molecule has 2 fully saturated rings. The average molecular weight is 501 g/mol. The van der Waals surface area contributed by atoms with Crippen LogP contribution in [0, 0.1) is 0 Å². The molecule has 0 saturated carbocycles. The number of carbonyl (C=O) groups excluding carboxylic acids is 3. The summed E-state index contributed by atoms with van der Waals surface area (Å²) in [5, 5.41) is 2.17. The van der Waals surface area contributed by atoms with E-state index in [9.17, 15) is 26.7 Å². The van der Waals surface area contributed by atoms with Gasteiger partial charge < -0.3 is 13.7 Å². The Morgan fingerprint density at radius 2 is 1.85 bits per heavy atom. The number of hydrogen-bond donors (Lipinski definition) is 1. The second-order valence-corrected chi connectivity index (χ2v) is 10.3. The molecule has 3 rings (SSSR count). The lowest BCUT2D eigenvalue weighted by Crippen LogP contribution is -2.46. The van der Waals surface area contributed by atoms with Gasteiger partial charge in [-0.05, 0) is 64.3 Å². The minimum Gasteiger partial charge on any atom is -0.480 e. The minimum atomic E-state index is -5.30. The Bertz CT molecular complexity index is 1050. The van der Waals surface area contributed by atoms with Crippen LogP contribution in [0.25, 0.3) is 0 Å². The third-order valence-corrected chi connectivity index (χ3v) is 5.82. The first kappa shape index (κ1) is 25.9. The molecule has 2 aliphatic rings. The second-order valence-electron chi connectivity index (χ2n) is 9.37. The van der Waals surface area contributed by atoms with Crippen molar-refractivity contribution in [3.63, 3.8) is 0 Å². The van der Waals surface area contributed by atoms with Crippen LogP contribution >= 0.6 is 0 Å². The van der Waals surface area contributed by atoms with Crippen LogP contribution in [0.3, 0.4) is 0 Å². The molecule has 188 valence electrons. The lowest BCUT2D eigenvalue weighted by molar-refractivity contribution is -0.156. The number of amides is 2. The maximum absolute atomic E-state index is 13.4. The number of nitrogens with zero attached hydrogens (tertiary/aromatic N) is 1. The molecule has 2 aliphatic heterocycles. The molecule has 2 heterocycles. The van der Waals surface area contributed by atoms with Gasteiger partial charge in [0.25, 0.3) is 5.91 Å². The zero-order valence-electron chi connectivity index (χ0n) is 19.3. The Balaban J connectivity index is 1.69. The van der Waals surface area contributed by atoms with Crippen LogP contribution in [0.4, 0.5) is 3.89 Å². The van der Waals surface area contributed by atoms with Gasteiger partial charge in [-0.2, -0.15) is 8.42 Å². The molecule has 2 amide bonds. The number of benzene rings is 1. The molecule has 1 aromatic rings. The molecule has 0 bridgehead atoms. The predicted molar refractivity (Wildman–Crippen MR) is 118 cm³/mol. The van der Waals surface area contributed by atoms with Crippen molar-refractivity contribution in [2.75, 3.05) is 19.6 Å². The Kier molecular flexibility index (Phi) is 7.81. The van der Waals surface area contributed by atoms with Crippen molar-refractivity contribution in [2.45, 2.75) is 64.1 Å². The number of rotatable bonds is 7. The van der Waals surface area contributed by atoms with Crippen LogP contribution in [-0.2, 0) is 29.6 Å². The maximum Gasteiger partial charge on any atom is 0.488 e. The van der Waals surface area contributed by atoms with Crippen molar-refractivity contribution in [3.8, 4) is 11.5 Å². The van der Waals surface area contributed by atoms with E-state index in [1.165, 1.54) is 6.07 Å². The fraction of sp³-hybridized carbons (Fsp3) is 0.591. The number of imide groups is 1. The van der Waals surface area contributed by atoms with Gasteiger partial charge in [0, 0.05) is 18.9 Å². The monoisotopic (exact) mass is 500 g/mol. The first-order valence-corrected chi connectivity index (χ1v) is 12.3. The molecule has 0 aromatic heterocycles. The molecular formula is C22H29FN2O8S. The second kappa shape index (κ2) is 10.3. The van der Waals surface area contributed by atoms with Gasteiger partial charge in [0.05, 0.1) is 6.54 Å². The Morgan fingerprint density at radius 3 is 2.44 bits per heavy atom. The number of hydrogen-bond acceptors (Lipinski definition) is 9. The standard InChI is InChI=1S/C22H29FN2O8S/c1-22(2,3)32-20(27)13-25-10-8-14(9-11-25)16-5-4-15(12-18(16)33-34(23,29)30)31-17-6-7-19(26)24-21(17)28/h4-5,12,14,17H,6-11,13H2,1-3H3,(H,24,26,28). The number of esters is 1. The highest BCUT2D eigenvalue weighted by molar-refractivity contribution is 7.81. The molecule has 34 heavy (non-hydrogen) atoms. The molecule has 1 aromatic carbocycles. The van der Waals surface area contributed by atoms with E-state index in [1.54, 1.807) is 32.9 Å². The zero-order chi connectivity index (χ0) is 25.1. The number of halogens is 1. The van der Waals surface area contributed by atoms with Crippen LogP contribution in [0.5, 0.6) is 11.5 Å². The topological polar surface area (TPSA) is 128 Å². The minimum absolute atomic E-state index is 0.110. The van der Waals surface area contributed by atoms with Crippen LogP contribution in [-0.4, -0.2) is 62.4 Å². The molecular weight excluding hydrogens is 471 g/mol. The van der Waals surface area contributed by atoms with E-state index in [1.807, 2.05) is 4.90 Å². The summed E-state index contributed by atoms with van der Waals surface area (Å²) in [5.74, 6) is -1.58. The molecule has 10 nitrogen and oxygen atoms in total. The van der Waals surface area contributed by atoms with Crippen molar-refractivity contribution in [3.05, 3.63) is 23.8 Å². The van der Waals surface area contributed by atoms with E-state index < -0.39 is 34.0 Å². The van der Waals surface area contributed by atoms with Crippen LogP contribution in [0.1, 0.15) is 57.9 Å². The average Bonchev–Trinajstić information content (AvgIpc) is 2.68. The normalized spacial score (nSPS) is 20.5. The lowest BCUT2D eigenvalue weighted by atomic mass is 9.88. The quantitative estimate of drug-likeness (QED) is 0.339. The van der Waals surface area contributed by atoms with Gasteiger partial charge >= 0.3 is 16.5 Å². The summed E-state index contributed by atoms with van der Waals surface area (Å²) in [5.41, 5.74) is -0.0919. The largest absolute Gasteiger partial charge is 0.488 e. The highest BCUT2D eigenvalue weighted by atomic mass is 32.3. The number of ether oxygens (including phenoxy) is 2. The van der Waals surface area contributed by atoms with E-state index in [-0.39, 0.29) is 42.8 Å². The molecule has 1 atom stereocenters. The van der Waals surface area contributed by atoms with E-state index in [0.29, 0.717) is 31.5 Å². The van der Waals surface area contributed by atoms with Gasteiger partial charge in [-0.3, -0.25) is 24.6 Å². The van der Waals surface area contributed by atoms with E-state index in [2.05, 4.69) is 9.50 Å². The SMILES string of the molecule is CC(C)(C)OC(=O)CN1CCC(c2ccc(OC3CCC(=O)NC3=O)cc2OS(=O)(=O)F)CC1. The van der Waals surface area contributed by atoms with Crippen molar-refractivity contribution >= 4 is 28.3 Å². The van der Waals surface area contributed by atoms with Crippen molar-refractivity contribution < 1.29 is 40.3 Å². The van der Waals surface area contributed by atoms with Gasteiger partial charge in [-0.25, -0.2) is 0 Å². The molecule has 2 saturated heterocycles. The van der Waals surface area contributed by atoms with E-state index >= 15 is 0 Å². The van der Waals surface area contributed by atoms with Gasteiger partial charge in [-0.1, -0.05) is 9.95 Å². The highest BCUT2D eigenvalue weighted by Crippen LogP contribution is 2.37. The lowest BCUT2D eigenvalue weighted by Gasteiger charge is -2.32. The molecule has 1 N–H and O–H groups in total. The van der Waals surface area contributed by atoms with Gasteiger partial charge in [0.15, 0.2) is 11.9 Å². The zero-order valence-corrected chi connectivity index (χ0v) is 20.2. The van der Waals surface area contributed by atoms with Gasteiger partial charge in [0.1, 0.15) is 11.4 Å². The van der Waals surface area contributed by atoms with Crippen LogP contribution in [0.2, 0.25) is 0 Å². The summed E-state index contributed by atoms with van der Waals surface area (Å²) in [6.45, 7) is 6.65. The molecule has 12 heteroatoms. The number of likely N-dealkylation sites (tertiary alicyclic amines) is 1. The number of piperidine rings is 2. The summed E-state index contributed by atoms with van der Waals surface area (Å²) in [4.78, 5) is 37.3. The van der Waals surface area contributed by atoms with Crippen molar-refractivity contribution in [2.24, 2.45) is 0 Å². The summed E-state index contributed by atoms with van der Waals surface area (Å²) < 4.78 is 51.4. The maximum atomic E-state index is 13.4. The summed E-state index contributed by atoms with van der Waals surface area (Å²) in [6, 6.07) is 4.35. The van der Waals surface area contributed by atoms with Crippen LogP contribution in [0.15, 0.2) is 18.2 Å². The Morgan fingerprint density at radius 1 is 1.18 bits per heavy atom.